The quantitative estimate of drug-likeness (QED) is 0.856. The first-order valence-corrected chi connectivity index (χ1v) is 7.55. The number of hydrogen-bond acceptors (Lipinski definition) is 1. The van der Waals surface area contributed by atoms with Crippen molar-refractivity contribution in [3.63, 3.8) is 0 Å². The van der Waals surface area contributed by atoms with Gasteiger partial charge < -0.3 is 5.32 Å². The third-order valence-electron chi connectivity index (χ3n) is 4.32. The lowest BCUT2D eigenvalue weighted by Crippen LogP contribution is -2.46. The summed E-state index contributed by atoms with van der Waals surface area (Å²) < 4.78 is 0. The van der Waals surface area contributed by atoms with Gasteiger partial charge in [0.25, 0.3) is 0 Å². The summed E-state index contributed by atoms with van der Waals surface area (Å²) in [4.78, 5) is 12.7. The SMILES string of the molecule is CCC[C@H](C)NC(=O)C1(c2ccccc2)CCCC1. The molecule has 1 fully saturated rings. The molecule has 1 aliphatic carbocycles. The van der Waals surface area contributed by atoms with Crippen LogP contribution in [-0.4, -0.2) is 11.9 Å². The van der Waals surface area contributed by atoms with Crippen molar-refractivity contribution in [1.82, 2.24) is 5.32 Å². The zero-order chi connectivity index (χ0) is 13.7. The molecule has 1 atom stereocenters. The Hall–Kier alpha value is -1.31. The first-order chi connectivity index (χ1) is 9.19. The maximum atomic E-state index is 12.7. The number of rotatable bonds is 5. The van der Waals surface area contributed by atoms with Gasteiger partial charge in [-0.05, 0) is 31.7 Å². The van der Waals surface area contributed by atoms with Crippen molar-refractivity contribution in [1.29, 1.82) is 0 Å². The molecule has 1 N–H and O–H groups in total. The summed E-state index contributed by atoms with van der Waals surface area (Å²) >= 11 is 0. The highest BCUT2D eigenvalue weighted by atomic mass is 16.2. The Morgan fingerprint density at radius 3 is 2.47 bits per heavy atom. The van der Waals surface area contributed by atoms with Gasteiger partial charge in [0, 0.05) is 6.04 Å². The van der Waals surface area contributed by atoms with Gasteiger partial charge in [0.05, 0.1) is 5.41 Å². The molecular weight excluding hydrogens is 234 g/mol. The van der Waals surface area contributed by atoms with Crippen LogP contribution in [0.2, 0.25) is 0 Å². The van der Waals surface area contributed by atoms with E-state index in [4.69, 9.17) is 0 Å². The summed E-state index contributed by atoms with van der Waals surface area (Å²) in [5.74, 6) is 0.233. The van der Waals surface area contributed by atoms with Crippen LogP contribution < -0.4 is 5.32 Å². The Balaban J connectivity index is 2.18. The molecule has 1 saturated carbocycles. The van der Waals surface area contributed by atoms with Crippen molar-refractivity contribution < 1.29 is 4.79 Å². The summed E-state index contributed by atoms with van der Waals surface area (Å²) in [5.41, 5.74) is 0.914. The second-order valence-electron chi connectivity index (χ2n) is 5.82. The van der Waals surface area contributed by atoms with Crippen LogP contribution in [-0.2, 0) is 10.2 Å². The first-order valence-electron chi connectivity index (χ1n) is 7.55. The lowest BCUT2D eigenvalue weighted by molar-refractivity contribution is -0.127. The van der Waals surface area contributed by atoms with Crippen LogP contribution in [0.4, 0.5) is 0 Å². The Labute approximate surface area is 116 Å². The lowest BCUT2D eigenvalue weighted by atomic mass is 9.78. The van der Waals surface area contributed by atoms with Crippen LogP contribution in [0.25, 0.3) is 0 Å². The molecular formula is C17H25NO. The van der Waals surface area contributed by atoms with Gasteiger partial charge in [-0.25, -0.2) is 0 Å². The van der Waals surface area contributed by atoms with E-state index < -0.39 is 0 Å². The summed E-state index contributed by atoms with van der Waals surface area (Å²) in [7, 11) is 0. The Morgan fingerprint density at radius 1 is 1.26 bits per heavy atom. The van der Waals surface area contributed by atoms with E-state index in [-0.39, 0.29) is 17.4 Å². The highest BCUT2D eigenvalue weighted by Crippen LogP contribution is 2.41. The summed E-state index contributed by atoms with van der Waals surface area (Å²) in [6.07, 6.45) is 6.45. The minimum Gasteiger partial charge on any atom is -0.353 e. The van der Waals surface area contributed by atoms with Crippen molar-refractivity contribution in [3.8, 4) is 0 Å². The predicted octanol–water partition coefficient (Wildman–Crippen LogP) is 3.80. The van der Waals surface area contributed by atoms with E-state index in [1.165, 1.54) is 5.56 Å². The van der Waals surface area contributed by atoms with E-state index in [1.54, 1.807) is 0 Å². The highest BCUT2D eigenvalue weighted by molar-refractivity contribution is 5.88. The third kappa shape index (κ3) is 2.99. The van der Waals surface area contributed by atoms with Gasteiger partial charge in [-0.2, -0.15) is 0 Å². The fourth-order valence-corrected chi connectivity index (χ4v) is 3.25. The lowest BCUT2D eigenvalue weighted by Gasteiger charge is -2.30. The second-order valence-corrected chi connectivity index (χ2v) is 5.82. The standard InChI is InChI=1S/C17H25NO/c1-3-9-14(2)18-16(19)17(12-7-8-13-17)15-10-5-4-6-11-15/h4-6,10-11,14H,3,7-9,12-13H2,1-2H3,(H,18,19)/t14-/m0/s1. The average Bonchev–Trinajstić information content (AvgIpc) is 2.90. The van der Waals surface area contributed by atoms with Crippen LogP contribution in [0, 0.1) is 0 Å². The van der Waals surface area contributed by atoms with Crippen LogP contribution in [0.5, 0.6) is 0 Å². The molecule has 2 heteroatoms. The topological polar surface area (TPSA) is 29.1 Å². The fourth-order valence-electron chi connectivity index (χ4n) is 3.25. The monoisotopic (exact) mass is 259 g/mol. The van der Waals surface area contributed by atoms with Crippen LogP contribution in [0.3, 0.4) is 0 Å². The fraction of sp³-hybridized carbons (Fsp3) is 0.588. The van der Waals surface area contributed by atoms with Gasteiger partial charge in [-0.1, -0.05) is 56.5 Å². The van der Waals surface area contributed by atoms with Gasteiger partial charge in [0.1, 0.15) is 0 Å². The number of benzene rings is 1. The van der Waals surface area contributed by atoms with E-state index in [9.17, 15) is 4.79 Å². The normalized spacial score (nSPS) is 19.1. The number of carbonyl (C=O) groups excluding carboxylic acids is 1. The zero-order valence-corrected chi connectivity index (χ0v) is 12.1. The molecule has 0 saturated heterocycles. The van der Waals surface area contributed by atoms with E-state index in [0.717, 1.165) is 38.5 Å². The molecule has 0 bridgehead atoms. The predicted molar refractivity (Wildman–Crippen MR) is 79.1 cm³/mol. The summed E-state index contributed by atoms with van der Waals surface area (Å²) in [6.45, 7) is 4.26. The van der Waals surface area contributed by atoms with Gasteiger partial charge in [0.15, 0.2) is 0 Å². The molecule has 0 aromatic heterocycles. The van der Waals surface area contributed by atoms with E-state index in [1.807, 2.05) is 18.2 Å². The molecule has 2 nitrogen and oxygen atoms in total. The maximum Gasteiger partial charge on any atom is 0.230 e. The minimum absolute atomic E-state index is 0.233. The molecule has 2 rings (SSSR count). The van der Waals surface area contributed by atoms with Crippen molar-refractivity contribution in [3.05, 3.63) is 35.9 Å². The Morgan fingerprint density at radius 2 is 1.89 bits per heavy atom. The van der Waals surface area contributed by atoms with Gasteiger partial charge >= 0.3 is 0 Å². The molecule has 104 valence electrons. The molecule has 0 heterocycles. The maximum absolute atomic E-state index is 12.7. The van der Waals surface area contributed by atoms with Gasteiger partial charge in [-0.3, -0.25) is 4.79 Å². The number of hydrogen-bond donors (Lipinski definition) is 1. The third-order valence-corrected chi connectivity index (χ3v) is 4.32. The Bertz CT molecular complexity index is 407. The molecule has 0 unspecified atom stereocenters. The summed E-state index contributed by atoms with van der Waals surface area (Å²) in [5, 5.41) is 3.22. The molecule has 1 aromatic rings. The van der Waals surface area contributed by atoms with E-state index >= 15 is 0 Å². The largest absolute Gasteiger partial charge is 0.353 e. The van der Waals surface area contributed by atoms with E-state index in [0.29, 0.717) is 0 Å². The molecule has 0 spiro atoms. The first kappa shape index (κ1) is 14.1. The Kier molecular flexibility index (Phi) is 4.62. The number of amides is 1. The van der Waals surface area contributed by atoms with Crippen LogP contribution in [0.15, 0.2) is 30.3 Å². The minimum atomic E-state index is -0.275. The van der Waals surface area contributed by atoms with Crippen molar-refractivity contribution in [2.45, 2.75) is 63.8 Å². The van der Waals surface area contributed by atoms with Crippen molar-refractivity contribution in [2.75, 3.05) is 0 Å². The zero-order valence-electron chi connectivity index (χ0n) is 12.1. The molecule has 0 radical (unpaired) electrons. The molecule has 1 aliphatic rings. The van der Waals surface area contributed by atoms with E-state index in [2.05, 4.69) is 31.3 Å². The molecule has 1 amide bonds. The van der Waals surface area contributed by atoms with Gasteiger partial charge in [-0.15, -0.1) is 0 Å². The highest BCUT2D eigenvalue weighted by Gasteiger charge is 2.42. The number of nitrogens with one attached hydrogen (secondary N) is 1. The molecule has 19 heavy (non-hydrogen) atoms. The van der Waals surface area contributed by atoms with Crippen LogP contribution >= 0.6 is 0 Å². The van der Waals surface area contributed by atoms with Crippen molar-refractivity contribution in [2.24, 2.45) is 0 Å². The average molecular weight is 259 g/mol. The van der Waals surface area contributed by atoms with Gasteiger partial charge in [0.2, 0.25) is 5.91 Å². The smallest absolute Gasteiger partial charge is 0.230 e. The molecule has 1 aromatic carbocycles. The van der Waals surface area contributed by atoms with Crippen LogP contribution in [0.1, 0.15) is 57.9 Å². The summed E-state index contributed by atoms with van der Waals surface area (Å²) in [6, 6.07) is 10.6. The second kappa shape index (κ2) is 6.23. The number of carbonyl (C=O) groups is 1. The molecule has 0 aliphatic heterocycles. The van der Waals surface area contributed by atoms with Crippen molar-refractivity contribution >= 4 is 5.91 Å².